The fourth-order valence-corrected chi connectivity index (χ4v) is 2.82. The molecule has 0 aliphatic carbocycles. The van der Waals surface area contributed by atoms with Gasteiger partial charge in [0.15, 0.2) is 0 Å². The van der Waals surface area contributed by atoms with Gasteiger partial charge in [0.1, 0.15) is 0 Å². The number of hydrogen-bond donors (Lipinski definition) is 3. The summed E-state index contributed by atoms with van der Waals surface area (Å²) >= 11 is 0. The Morgan fingerprint density at radius 3 is 2.31 bits per heavy atom. The highest BCUT2D eigenvalue weighted by atomic mass is 32.2. The summed E-state index contributed by atoms with van der Waals surface area (Å²) in [6, 6.07) is 6.74. The van der Waals surface area contributed by atoms with Gasteiger partial charge in [0.25, 0.3) is 0 Å². The maximum Gasteiger partial charge on any atom is 0.306 e. The summed E-state index contributed by atoms with van der Waals surface area (Å²) in [7, 11) is -3.58. The van der Waals surface area contributed by atoms with Crippen LogP contribution in [-0.2, 0) is 30.8 Å². The van der Waals surface area contributed by atoms with E-state index < -0.39 is 27.8 Å². The van der Waals surface area contributed by atoms with Gasteiger partial charge in [-0.3, -0.25) is 9.59 Å². The number of benzene rings is 1. The zero-order valence-electron chi connectivity index (χ0n) is 15.2. The quantitative estimate of drug-likeness (QED) is 0.526. The molecule has 26 heavy (non-hydrogen) atoms. The van der Waals surface area contributed by atoms with Gasteiger partial charge in [-0.15, -0.1) is 0 Å². The van der Waals surface area contributed by atoms with E-state index in [1.54, 1.807) is 45.0 Å². The average Bonchev–Trinajstić information content (AvgIpc) is 2.54. The minimum absolute atomic E-state index is 0.0602. The van der Waals surface area contributed by atoms with Crippen molar-refractivity contribution in [1.82, 2.24) is 4.72 Å². The standard InChI is InChI=1S/C17H26N2O6S/c1-12(2)25-8-9-26(23,24)18-11-16(20)19-15-6-4-14(5-7-15)10-13(3)17(21)22/h4-7,12-13,18H,8-11H2,1-3H3,(H,19,20)(H,21,22). The summed E-state index contributed by atoms with van der Waals surface area (Å²) in [6.07, 6.45) is 0.330. The first kappa shape index (κ1) is 22.1. The minimum atomic E-state index is -3.58. The van der Waals surface area contributed by atoms with E-state index >= 15 is 0 Å². The summed E-state index contributed by atoms with van der Waals surface area (Å²) in [5.41, 5.74) is 1.34. The Balaban J connectivity index is 2.44. The lowest BCUT2D eigenvalue weighted by atomic mass is 10.0. The molecule has 1 aromatic rings. The molecule has 1 amide bonds. The molecule has 0 radical (unpaired) electrons. The van der Waals surface area contributed by atoms with Crippen LogP contribution in [0.15, 0.2) is 24.3 Å². The van der Waals surface area contributed by atoms with Crippen molar-refractivity contribution in [3.8, 4) is 0 Å². The van der Waals surface area contributed by atoms with E-state index in [2.05, 4.69) is 10.0 Å². The molecule has 3 N–H and O–H groups in total. The predicted molar refractivity (Wildman–Crippen MR) is 98.5 cm³/mol. The number of anilines is 1. The van der Waals surface area contributed by atoms with E-state index in [4.69, 9.17) is 9.84 Å². The van der Waals surface area contributed by atoms with Crippen molar-refractivity contribution >= 4 is 27.6 Å². The van der Waals surface area contributed by atoms with Gasteiger partial charge in [-0.2, -0.15) is 0 Å². The predicted octanol–water partition coefficient (Wildman–Crippen LogP) is 1.23. The molecule has 9 heteroatoms. The summed E-state index contributed by atoms with van der Waals surface area (Å²) in [5.74, 6) is -2.07. The minimum Gasteiger partial charge on any atom is -0.481 e. The lowest BCUT2D eigenvalue weighted by molar-refractivity contribution is -0.141. The van der Waals surface area contributed by atoms with Crippen LogP contribution in [0.5, 0.6) is 0 Å². The van der Waals surface area contributed by atoms with Crippen molar-refractivity contribution in [1.29, 1.82) is 0 Å². The van der Waals surface area contributed by atoms with Gasteiger partial charge < -0.3 is 15.2 Å². The van der Waals surface area contributed by atoms with Gasteiger partial charge >= 0.3 is 5.97 Å². The van der Waals surface area contributed by atoms with Crippen LogP contribution in [0.1, 0.15) is 26.3 Å². The number of carbonyl (C=O) groups excluding carboxylic acids is 1. The third-order valence-corrected chi connectivity index (χ3v) is 4.75. The van der Waals surface area contributed by atoms with Crippen LogP contribution in [-0.4, -0.2) is 50.4 Å². The molecule has 0 spiro atoms. The average molecular weight is 386 g/mol. The molecule has 1 aromatic carbocycles. The molecule has 1 rings (SSSR count). The second-order valence-corrected chi connectivity index (χ2v) is 8.17. The SMILES string of the molecule is CC(C)OCCS(=O)(=O)NCC(=O)Nc1ccc(CC(C)C(=O)O)cc1. The second-order valence-electron chi connectivity index (χ2n) is 6.25. The maximum absolute atomic E-state index is 11.8. The number of carboxylic acids is 1. The number of amides is 1. The van der Waals surface area contributed by atoms with Crippen molar-refractivity contribution < 1.29 is 27.9 Å². The Hall–Kier alpha value is -1.97. The Labute approximate surface area is 154 Å². The monoisotopic (exact) mass is 386 g/mol. The van der Waals surface area contributed by atoms with Gasteiger partial charge in [-0.25, -0.2) is 13.1 Å². The van der Waals surface area contributed by atoms with Crippen molar-refractivity contribution in [3.63, 3.8) is 0 Å². The number of rotatable bonds is 11. The van der Waals surface area contributed by atoms with Gasteiger partial charge in [-0.05, 0) is 38.0 Å². The number of carboxylic acid groups (broad SMARTS) is 1. The van der Waals surface area contributed by atoms with E-state index in [-0.39, 0.29) is 25.0 Å². The smallest absolute Gasteiger partial charge is 0.306 e. The highest BCUT2D eigenvalue weighted by Gasteiger charge is 2.14. The normalized spacial score (nSPS) is 12.8. The number of carbonyl (C=O) groups is 2. The highest BCUT2D eigenvalue weighted by molar-refractivity contribution is 7.89. The van der Waals surface area contributed by atoms with Crippen LogP contribution in [0, 0.1) is 5.92 Å². The maximum atomic E-state index is 11.8. The molecule has 0 aliphatic rings. The molecule has 0 fully saturated rings. The van der Waals surface area contributed by atoms with Gasteiger partial charge in [0.05, 0.1) is 30.9 Å². The van der Waals surface area contributed by atoms with Gasteiger partial charge in [-0.1, -0.05) is 19.1 Å². The van der Waals surface area contributed by atoms with Gasteiger partial charge in [0, 0.05) is 5.69 Å². The molecule has 0 saturated heterocycles. The molecule has 0 heterocycles. The second kappa shape index (κ2) is 10.2. The molecule has 1 unspecified atom stereocenters. The zero-order valence-corrected chi connectivity index (χ0v) is 16.0. The molecule has 0 bridgehead atoms. The number of aliphatic carboxylic acids is 1. The first-order valence-corrected chi connectivity index (χ1v) is 9.95. The number of nitrogens with one attached hydrogen (secondary N) is 2. The largest absolute Gasteiger partial charge is 0.481 e. The first-order chi connectivity index (χ1) is 12.1. The first-order valence-electron chi connectivity index (χ1n) is 8.29. The van der Waals surface area contributed by atoms with Crippen molar-refractivity contribution in [2.24, 2.45) is 5.92 Å². The van der Waals surface area contributed by atoms with Crippen LogP contribution in [0.3, 0.4) is 0 Å². The lowest BCUT2D eigenvalue weighted by Gasteiger charge is -2.10. The van der Waals surface area contributed by atoms with Crippen LogP contribution in [0.25, 0.3) is 0 Å². The molecule has 0 aliphatic heterocycles. The van der Waals surface area contributed by atoms with Crippen LogP contribution >= 0.6 is 0 Å². The molecule has 8 nitrogen and oxygen atoms in total. The third-order valence-electron chi connectivity index (χ3n) is 3.46. The topological polar surface area (TPSA) is 122 Å². The molecule has 1 atom stereocenters. The Kier molecular flexibility index (Phi) is 8.70. The number of ether oxygens (including phenoxy) is 1. The number of sulfonamides is 1. The summed E-state index contributed by atoms with van der Waals surface area (Å²) in [6.45, 7) is 4.92. The molecule has 0 aromatic heterocycles. The third kappa shape index (κ3) is 8.93. The molecule has 0 saturated carbocycles. The fraction of sp³-hybridized carbons (Fsp3) is 0.529. The summed E-state index contributed by atoms with van der Waals surface area (Å²) < 4.78 is 30.9. The Morgan fingerprint density at radius 1 is 1.15 bits per heavy atom. The van der Waals surface area contributed by atoms with Crippen LogP contribution < -0.4 is 10.0 Å². The van der Waals surface area contributed by atoms with Crippen LogP contribution in [0.4, 0.5) is 5.69 Å². The van der Waals surface area contributed by atoms with Crippen molar-refractivity contribution in [2.75, 3.05) is 24.2 Å². The highest BCUT2D eigenvalue weighted by Crippen LogP contribution is 2.13. The van der Waals surface area contributed by atoms with Gasteiger partial charge in [0.2, 0.25) is 15.9 Å². The van der Waals surface area contributed by atoms with E-state index in [0.717, 1.165) is 5.56 Å². The van der Waals surface area contributed by atoms with Crippen molar-refractivity contribution in [2.45, 2.75) is 33.3 Å². The van der Waals surface area contributed by atoms with E-state index in [1.807, 2.05) is 0 Å². The summed E-state index contributed by atoms with van der Waals surface area (Å²) in [4.78, 5) is 22.7. The zero-order chi connectivity index (χ0) is 19.7. The lowest BCUT2D eigenvalue weighted by Crippen LogP contribution is -2.35. The number of hydrogen-bond acceptors (Lipinski definition) is 5. The van der Waals surface area contributed by atoms with E-state index in [1.165, 1.54) is 0 Å². The Morgan fingerprint density at radius 2 is 1.77 bits per heavy atom. The molecular weight excluding hydrogens is 360 g/mol. The molecular formula is C17H26N2O6S. The summed E-state index contributed by atoms with van der Waals surface area (Å²) in [5, 5.41) is 11.5. The van der Waals surface area contributed by atoms with Crippen LogP contribution in [0.2, 0.25) is 0 Å². The fourth-order valence-electron chi connectivity index (χ4n) is 2.01. The Bertz CT molecular complexity index is 700. The molecule has 146 valence electrons. The van der Waals surface area contributed by atoms with E-state index in [0.29, 0.717) is 12.1 Å². The van der Waals surface area contributed by atoms with Crippen molar-refractivity contribution in [3.05, 3.63) is 29.8 Å². The van der Waals surface area contributed by atoms with E-state index in [9.17, 15) is 18.0 Å².